The summed E-state index contributed by atoms with van der Waals surface area (Å²) in [5, 5.41) is 10.6. The fraction of sp³-hybridized carbons (Fsp3) is 0.500. The third kappa shape index (κ3) is 2.94. The van der Waals surface area contributed by atoms with Crippen LogP contribution in [-0.2, 0) is 6.54 Å². The molecular weight excluding hydrogens is 302 g/mol. The fourth-order valence-electron chi connectivity index (χ4n) is 4.02. The van der Waals surface area contributed by atoms with Crippen LogP contribution in [0.1, 0.15) is 34.6 Å². The number of amides is 1. The number of aryl methyl sites for hydroxylation is 1. The summed E-state index contributed by atoms with van der Waals surface area (Å²) in [6.07, 6.45) is 2.29. The van der Waals surface area contributed by atoms with E-state index in [9.17, 15) is 4.79 Å². The van der Waals surface area contributed by atoms with E-state index >= 15 is 0 Å². The highest BCUT2D eigenvalue weighted by atomic mass is 16.2. The van der Waals surface area contributed by atoms with Gasteiger partial charge in [-0.05, 0) is 31.2 Å². The first kappa shape index (κ1) is 15.3. The number of nitrogens with one attached hydrogen (secondary N) is 1. The molecule has 6 heteroatoms. The second-order valence-electron chi connectivity index (χ2n) is 6.99. The Balaban J connectivity index is 1.51. The summed E-state index contributed by atoms with van der Waals surface area (Å²) in [6.45, 7) is 5.62. The Labute approximate surface area is 141 Å². The third-order valence-electron chi connectivity index (χ3n) is 5.22. The molecule has 3 fully saturated rings. The molecule has 0 spiro atoms. The highest BCUT2D eigenvalue weighted by Gasteiger charge is 2.38. The van der Waals surface area contributed by atoms with Crippen LogP contribution in [0.3, 0.4) is 0 Å². The van der Waals surface area contributed by atoms with E-state index < -0.39 is 0 Å². The maximum absolute atomic E-state index is 12.9. The van der Waals surface area contributed by atoms with E-state index in [-0.39, 0.29) is 11.9 Å². The van der Waals surface area contributed by atoms with Crippen molar-refractivity contribution in [2.75, 3.05) is 19.6 Å². The summed E-state index contributed by atoms with van der Waals surface area (Å²) in [5.74, 6) is 0.570. The van der Waals surface area contributed by atoms with Gasteiger partial charge in [0.05, 0.1) is 5.69 Å². The normalized spacial score (nSPS) is 24.1. The zero-order chi connectivity index (χ0) is 16.5. The smallest absolute Gasteiger partial charge is 0.276 e. The minimum atomic E-state index is 0.0255. The van der Waals surface area contributed by atoms with Gasteiger partial charge in [-0.1, -0.05) is 30.3 Å². The van der Waals surface area contributed by atoms with E-state index in [0.717, 1.165) is 32.6 Å². The predicted molar refractivity (Wildman–Crippen MR) is 90.4 cm³/mol. The zero-order valence-corrected chi connectivity index (χ0v) is 14.0. The molecule has 0 unspecified atom stereocenters. The van der Waals surface area contributed by atoms with Gasteiger partial charge in [0.15, 0.2) is 5.69 Å². The number of nitrogens with zero attached hydrogens (tertiary/aromatic N) is 4. The van der Waals surface area contributed by atoms with E-state index in [0.29, 0.717) is 17.3 Å². The Hall–Kier alpha value is -2.21. The highest BCUT2D eigenvalue weighted by molar-refractivity contribution is 5.93. The van der Waals surface area contributed by atoms with Gasteiger partial charge in [-0.2, -0.15) is 15.4 Å². The molecule has 1 aromatic heterocycles. The topological polar surface area (TPSA) is 65.1 Å². The average Bonchev–Trinajstić information content (AvgIpc) is 2.83. The van der Waals surface area contributed by atoms with Crippen molar-refractivity contribution in [2.45, 2.75) is 32.4 Å². The van der Waals surface area contributed by atoms with Crippen molar-refractivity contribution in [3.63, 3.8) is 0 Å². The minimum Gasteiger partial charge on any atom is -0.333 e. The maximum atomic E-state index is 12.9. The van der Waals surface area contributed by atoms with Gasteiger partial charge in [0.2, 0.25) is 0 Å². The van der Waals surface area contributed by atoms with Gasteiger partial charge in [0.25, 0.3) is 5.91 Å². The monoisotopic (exact) mass is 325 g/mol. The van der Waals surface area contributed by atoms with Crippen molar-refractivity contribution >= 4 is 5.91 Å². The zero-order valence-electron chi connectivity index (χ0n) is 14.0. The lowest BCUT2D eigenvalue weighted by atomic mass is 9.94. The minimum absolute atomic E-state index is 0.0255. The van der Waals surface area contributed by atoms with Crippen LogP contribution in [0.15, 0.2) is 30.3 Å². The van der Waals surface area contributed by atoms with Crippen molar-refractivity contribution in [1.82, 2.24) is 25.2 Å². The van der Waals surface area contributed by atoms with E-state index in [1.54, 1.807) is 0 Å². The van der Waals surface area contributed by atoms with Gasteiger partial charge in [-0.15, -0.1) is 0 Å². The molecule has 2 bridgehead atoms. The van der Waals surface area contributed by atoms with Crippen molar-refractivity contribution in [3.05, 3.63) is 47.3 Å². The summed E-state index contributed by atoms with van der Waals surface area (Å²) in [6, 6.07) is 10.9. The molecule has 24 heavy (non-hydrogen) atoms. The van der Waals surface area contributed by atoms with Crippen LogP contribution in [0.5, 0.6) is 0 Å². The molecule has 0 saturated carbocycles. The second-order valence-corrected chi connectivity index (χ2v) is 6.99. The van der Waals surface area contributed by atoms with Gasteiger partial charge in [0, 0.05) is 32.2 Å². The molecule has 4 heterocycles. The molecule has 126 valence electrons. The van der Waals surface area contributed by atoms with Crippen molar-refractivity contribution in [2.24, 2.45) is 5.92 Å². The molecule has 0 radical (unpaired) electrons. The second kappa shape index (κ2) is 6.36. The first-order chi connectivity index (χ1) is 11.7. The molecule has 5 rings (SSSR count). The van der Waals surface area contributed by atoms with E-state index in [1.165, 1.54) is 12.0 Å². The number of carbonyl (C=O) groups excluding carboxylic acids is 1. The lowest BCUT2D eigenvalue weighted by Gasteiger charge is -2.35. The number of hydrogen-bond acceptors (Lipinski definition) is 4. The molecule has 1 N–H and O–H groups in total. The summed E-state index contributed by atoms with van der Waals surface area (Å²) in [5.41, 5.74) is 2.49. The van der Waals surface area contributed by atoms with Crippen LogP contribution in [-0.4, -0.2) is 56.8 Å². The quantitative estimate of drug-likeness (QED) is 0.935. The Kier molecular flexibility index (Phi) is 4.06. The molecule has 1 aromatic carbocycles. The largest absolute Gasteiger partial charge is 0.333 e. The lowest BCUT2D eigenvalue weighted by molar-refractivity contribution is 0.0578. The molecule has 6 nitrogen and oxygen atoms in total. The number of hydrogen-bond donors (Lipinski definition) is 1. The van der Waals surface area contributed by atoms with Crippen LogP contribution in [0.2, 0.25) is 0 Å². The Morgan fingerprint density at radius 2 is 2.00 bits per heavy atom. The molecule has 3 saturated heterocycles. The molecule has 1 amide bonds. The van der Waals surface area contributed by atoms with Gasteiger partial charge in [-0.3, -0.25) is 9.69 Å². The molecule has 0 aliphatic carbocycles. The van der Waals surface area contributed by atoms with Gasteiger partial charge < -0.3 is 4.90 Å². The van der Waals surface area contributed by atoms with Gasteiger partial charge in [0.1, 0.15) is 0 Å². The first-order valence-corrected chi connectivity index (χ1v) is 8.65. The summed E-state index contributed by atoms with van der Waals surface area (Å²) in [4.78, 5) is 17.4. The van der Waals surface area contributed by atoms with Crippen LogP contribution in [0, 0.1) is 12.8 Å². The first-order valence-electron chi connectivity index (χ1n) is 8.65. The number of aromatic nitrogens is 3. The summed E-state index contributed by atoms with van der Waals surface area (Å²) in [7, 11) is 0. The number of piperidine rings is 1. The molecule has 2 aromatic rings. The number of carbonyl (C=O) groups is 1. The average molecular weight is 325 g/mol. The number of fused-ring (bicyclic) bond motifs is 4. The van der Waals surface area contributed by atoms with Crippen LogP contribution in [0.25, 0.3) is 0 Å². The van der Waals surface area contributed by atoms with Gasteiger partial charge in [-0.25, -0.2) is 0 Å². The summed E-state index contributed by atoms with van der Waals surface area (Å²) < 4.78 is 0. The summed E-state index contributed by atoms with van der Waals surface area (Å²) >= 11 is 0. The van der Waals surface area contributed by atoms with Crippen molar-refractivity contribution in [3.8, 4) is 0 Å². The maximum Gasteiger partial charge on any atom is 0.276 e. The molecule has 3 aliphatic heterocycles. The SMILES string of the molecule is Cc1n[nH]nc1C(=O)N1C[C@@H]2CC[C@H]1CN(Cc1ccccc1)C2. The molecular formula is C18H23N5O. The molecule has 2 atom stereocenters. The van der Waals surface area contributed by atoms with Crippen LogP contribution < -0.4 is 0 Å². The van der Waals surface area contributed by atoms with Crippen LogP contribution >= 0.6 is 0 Å². The fourth-order valence-corrected chi connectivity index (χ4v) is 4.02. The number of aromatic amines is 1. The number of benzene rings is 1. The number of H-pyrrole nitrogens is 1. The van der Waals surface area contributed by atoms with E-state index in [2.05, 4.69) is 50.6 Å². The van der Waals surface area contributed by atoms with E-state index in [1.807, 2.05) is 11.8 Å². The highest BCUT2D eigenvalue weighted by Crippen LogP contribution is 2.30. The number of rotatable bonds is 3. The molecule has 3 aliphatic rings. The van der Waals surface area contributed by atoms with Crippen LogP contribution in [0.4, 0.5) is 0 Å². The third-order valence-corrected chi connectivity index (χ3v) is 5.22. The van der Waals surface area contributed by atoms with Crippen molar-refractivity contribution < 1.29 is 4.79 Å². The van der Waals surface area contributed by atoms with Crippen molar-refractivity contribution in [1.29, 1.82) is 0 Å². The Morgan fingerprint density at radius 3 is 2.75 bits per heavy atom. The van der Waals surface area contributed by atoms with E-state index in [4.69, 9.17) is 0 Å². The van der Waals surface area contributed by atoms with Gasteiger partial charge >= 0.3 is 0 Å². The Morgan fingerprint density at radius 1 is 1.17 bits per heavy atom. The lowest BCUT2D eigenvalue weighted by Crippen LogP contribution is -2.47. The standard InChI is InChI=1S/C18H23N5O/c1-13-17(20-21-19-13)18(24)23-11-15-7-8-16(23)12-22(10-15)9-14-5-3-2-4-6-14/h2-6,15-16H,7-12H2,1H3,(H,19,20,21)/t15-,16+/m1/s1. The Bertz CT molecular complexity index is 713. The predicted octanol–water partition coefficient (Wildman–Crippen LogP) is 1.85.